The number of benzene rings is 1. The van der Waals surface area contributed by atoms with Gasteiger partial charge in [-0.05, 0) is 12.1 Å². The van der Waals surface area contributed by atoms with Gasteiger partial charge in [-0.1, -0.05) is 37.3 Å². The Morgan fingerprint density at radius 3 is 2.70 bits per heavy atom. The van der Waals surface area contributed by atoms with Crippen molar-refractivity contribution in [2.45, 2.75) is 13.3 Å². The Kier molecular flexibility index (Phi) is 3.29. The molecule has 0 N–H and O–H groups in total. The van der Waals surface area contributed by atoms with Gasteiger partial charge in [0, 0.05) is 31.0 Å². The number of piperidine rings is 1. The lowest BCUT2D eigenvalue weighted by Gasteiger charge is -2.30. The van der Waals surface area contributed by atoms with E-state index in [2.05, 4.69) is 15.1 Å². The normalized spacial score (nSPS) is 18.6. The van der Waals surface area contributed by atoms with E-state index in [0.29, 0.717) is 30.9 Å². The molecule has 1 aliphatic rings. The molecule has 1 aromatic carbocycles. The smallest absolute Gasteiger partial charge is 0.185 e. The fourth-order valence-electron chi connectivity index (χ4n) is 2.94. The van der Waals surface area contributed by atoms with E-state index < -0.39 is 0 Å². The van der Waals surface area contributed by atoms with Crippen LogP contribution in [0.2, 0.25) is 0 Å². The summed E-state index contributed by atoms with van der Waals surface area (Å²) in [6, 6.07) is 13.8. The van der Waals surface area contributed by atoms with E-state index in [0.717, 1.165) is 17.2 Å². The van der Waals surface area contributed by atoms with Crippen LogP contribution < -0.4 is 4.90 Å². The Bertz CT molecular complexity index is 858. The largest absolute Gasteiger partial charge is 0.354 e. The Balaban J connectivity index is 1.74. The van der Waals surface area contributed by atoms with Crippen molar-refractivity contribution in [2.75, 3.05) is 18.0 Å². The molecule has 6 heteroatoms. The predicted molar refractivity (Wildman–Crippen MR) is 87.2 cm³/mol. The zero-order valence-corrected chi connectivity index (χ0v) is 12.9. The number of rotatable bonds is 2. The molecule has 1 unspecified atom stereocenters. The summed E-state index contributed by atoms with van der Waals surface area (Å²) in [5.74, 6) is 1.96. The summed E-state index contributed by atoms with van der Waals surface area (Å²) in [6.45, 7) is 3.39. The van der Waals surface area contributed by atoms with E-state index in [9.17, 15) is 4.79 Å². The van der Waals surface area contributed by atoms with Crippen LogP contribution in [0, 0.1) is 5.92 Å². The van der Waals surface area contributed by atoms with Crippen molar-refractivity contribution in [3.05, 3.63) is 42.5 Å². The van der Waals surface area contributed by atoms with E-state index >= 15 is 0 Å². The van der Waals surface area contributed by atoms with Crippen LogP contribution in [0.1, 0.15) is 13.3 Å². The SMILES string of the molecule is CC1CN(c2ccc3nnc(-c4ccccc4)n3n2)CCC1=O. The zero-order valence-electron chi connectivity index (χ0n) is 12.9. The highest BCUT2D eigenvalue weighted by Crippen LogP contribution is 2.22. The van der Waals surface area contributed by atoms with Crippen LogP contribution in [0.3, 0.4) is 0 Å². The monoisotopic (exact) mass is 307 g/mol. The summed E-state index contributed by atoms with van der Waals surface area (Å²) in [7, 11) is 0. The van der Waals surface area contributed by atoms with Crippen LogP contribution in [0.15, 0.2) is 42.5 Å². The second-order valence-electron chi connectivity index (χ2n) is 5.91. The molecule has 0 bridgehead atoms. The van der Waals surface area contributed by atoms with Crippen LogP contribution >= 0.6 is 0 Å². The first kappa shape index (κ1) is 13.9. The molecule has 1 aliphatic heterocycles. The number of carbonyl (C=O) groups is 1. The summed E-state index contributed by atoms with van der Waals surface area (Å²) in [4.78, 5) is 13.9. The van der Waals surface area contributed by atoms with Gasteiger partial charge in [0.1, 0.15) is 11.6 Å². The molecule has 4 rings (SSSR count). The van der Waals surface area contributed by atoms with E-state index in [1.54, 1.807) is 4.52 Å². The van der Waals surface area contributed by atoms with Crippen molar-refractivity contribution >= 4 is 17.2 Å². The number of nitrogens with zero attached hydrogens (tertiary/aromatic N) is 5. The number of Topliss-reactive ketones (excluding diaryl/α,β-unsaturated/α-hetero) is 1. The number of anilines is 1. The summed E-state index contributed by atoms with van der Waals surface area (Å²) in [5.41, 5.74) is 1.69. The van der Waals surface area contributed by atoms with E-state index in [1.807, 2.05) is 49.4 Å². The van der Waals surface area contributed by atoms with Gasteiger partial charge in [-0.3, -0.25) is 4.79 Å². The van der Waals surface area contributed by atoms with Crippen molar-refractivity contribution in [3.8, 4) is 11.4 Å². The first-order valence-corrected chi connectivity index (χ1v) is 7.78. The molecule has 3 heterocycles. The van der Waals surface area contributed by atoms with Crippen molar-refractivity contribution in [1.29, 1.82) is 0 Å². The van der Waals surface area contributed by atoms with E-state index in [-0.39, 0.29) is 5.92 Å². The fourth-order valence-corrected chi connectivity index (χ4v) is 2.94. The number of aromatic nitrogens is 4. The van der Waals surface area contributed by atoms with Crippen molar-refractivity contribution < 1.29 is 4.79 Å². The Hall–Kier alpha value is -2.76. The van der Waals surface area contributed by atoms with Gasteiger partial charge in [-0.15, -0.1) is 15.3 Å². The molecule has 0 aliphatic carbocycles. The van der Waals surface area contributed by atoms with Gasteiger partial charge >= 0.3 is 0 Å². The van der Waals surface area contributed by atoms with Gasteiger partial charge < -0.3 is 4.90 Å². The first-order valence-electron chi connectivity index (χ1n) is 7.78. The molecule has 0 saturated carbocycles. The highest BCUT2D eigenvalue weighted by Gasteiger charge is 2.24. The minimum absolute atomic E-state index is 0.0516. The topological polar surface area (TPSA) is 63.4 Å². The maximum absolute atomic E-state index is 11.7. The first-order chi connectivity index (χ1) is 11.2. The second-order valence-corrected chi connectivity index (χ2v) is 5.91. The van der Waals surface area contributed by atoms with E-state index in [1.165, 1.54) is 0 Å². The standard InChI is InChI=1S/C17H17N5O/c1-12-11-21(10-9-14(12)23)16-8-7-15-18-19-17(22(15)20-16)13-5-3-2-4-6-13/h2-8,12H,9-11H2,1H3. The van der Waals surface area contributed by atoms with Crippen molar-refractivity contribution in [1.82, 2.24) is 19.8 Å². The number of ketones is 1. The second kappa shape index (κ2) is 5.46. The molecule has 2 aromatic heterocycles. The van der Waals surface area contributed by atoms with Crippen LogP contribution in [0.25, 0.3) is 17.0 Å². The highest BCUT2D eigenvalue weighted by molar-refractivity contribution is 5.83. The van der Waals surface area contributed by atoms with Gasteiger partial charge in [-0.2, -0.15) is 4.52 Å². The summed E-state index contributed by atoms with van der Waals surface area (Å²) >= 11 is 0. The van der Waals surface area contributed by atoms with Gasteiger partial charge in [0.05, 0.1) is 0 Å². The van der Waals surface area contributed by atoms with Crippen molar-refractivity contribution in [3.63, 3.8) is 0 Å². The maximum atomic E-state index is 11.7. The van der Waals surface area contributed by atoms with E-state index in [4.69, 9.17) is 5.10 Å². The van der Waals surface area contributed by atoms with Crippen LogP contribution in [-0.2, 0) is 4.79 Å². The third kappa shape index (κ3) is 2.46. The summed E-state index contributed by atoms with van der Waals surface area (Å²) < 4.78 is 1.77. The summed E-state index contributed by atoms with van der Waals surface area (Å²) in [5, 5.41) is 13.1. The lowest BCUT2D eigenvalue weighted by molar-refractivity contribution is -0.122. The molecule has 116 valence electrons. The molecular formula is C17H17N5O. The third-order valence-electron chi connectivity index (χ3n) is 4.28. The van der Waals surface area contributed by atoms with Crippen LogP contribution in [-0.4, -0.2) is 38.7 Å². The van der Waals surface area contributed by atoms with Crippen LogP contribution in [0.4, 0.5) is 5.82 Å². The predicted octanol–water partition coefficient (Wildman–Crippen LogP) is 2.21. The molecule has 0 spiro atoms. The van der Waals surface area contributed by atoms with Gasteiger partial charge in [-0.25, -0.2) is 0 Å². The lowest BCUT2D eigenvalue weighted by atomic mass is 9.99. The average molecular weight is 307 g/mol. The molecule has 1 saturated heterocycles. The molecule has 1 atom stereocenters. The zero-order chi connectivity index (χ0) is 15.8. The quantitative estimate of drug-likeness (QED) is 0.726. The number of hydrogen-bond donors (Lipinski definition) is 0. The van der Waals surface area contributed by atoms with Crippen LogP contribution in [0.5, 0.6) is 0 Å². The van der Waals surface area contributed by atoms with Gasteiger partial charge in [0.15, 0.2) is 11.5 Å². The third-order valence-corrected chi connectivity index (χ3v) is 4.28. The molecule has 23 heavy (non-hydrogen) atoms. The number of fused-ring (bicyclic) bond motifs is 1. The van der Waals surface area contributed by atoms with Gasteiger partial charge in [0.2, 0.25) is 0 Å². The molecule has 6 nitrogen and oxygen atoms in total. The van der Waals surface area contributed by atoms with Gasteiger partial charge in [0.25, 0.3) is 0 Å². The molecule has 3 aromatic rings. The highest BCUT2D eigenvalue weighted by atomic mass is 16.1. The Labute approximate surface area is 133 Å². The minimum Gasteiger partial charge on any atom is -0.354 e. The van der Waals surface area contributed by atoms with Crippen molar-refractivity contribution in [2.24, 2.45) is 5.92 Å². The molecule has 0 amide bonds. The lowest BCUT2D eigenvalue weighted by Crippen LogP contribution is -2.40. The summed E-state index contributed by atoms with van der Waals surface area (Å²) in [6.07, 6.45) is 0.578. The minimum atomic E-state index is 0.0516. The number of carbonyl (C=O) groups excluding carboxylic acids is 1. The average Bonchev–Trinajstić information content (AvgIpc) is 3.01. The molecule has 0 radical (unpaired) electrons. The maximum Gasteiger partial charge on any atom is 0.185 e. The molecular weight excluding hydrogens is 290 g/mol. The Morgan fingerprint density at radius 2 is 1.91 bits per heavy atom. The Morgan fingerprint density at radius 1 is 1.09 bits per heavy atom. The number of hydrogen-bond acceptors (Lipinski definition) is 5. The fraction of sp³-hybridized carbons (Fsp3) is 0.294. The molecule has 1 fully saturated rings.